The number of rotatable bonds is 7. The predicted molar refractivity (Wildman–Crippen MR) is 75.9 cm³/mol. The summed E-state index contributed by atoms with van der Waals surface area (Å²) in [6.07, 6.45) is 0.830. The van der Waals surface area contributed by atoms with E-state index in [1.165, 1.54) is 5.56 Å². The van der Waals surface area contributed by atoms with E-state index in [1.807, 2.05) is 38.1 Å². The average Bonchev–Trinajstić information content (AvgIpc) is 2.38. The van der Waals surface area contributed by atoms with Gasteiger partial charge in [-0.05, 0) is 30.7 Å². The fraction of sp³-hybridized carbons (Fsp3) is 0.500. The van der Waals surface area contributed by atoms with Crippen LogP contribution < -0.4 is 10.6 Å². The summed E-state index contributed by atoms with van der Waals surface area (Å²) in [7, 11) is 0. The summed E-state index contributed by atoms with van der Waals surface area (Å²) < 4.78 is 0. The van der Waals surface area contributed by atoms with E-state index in [4.69, 9.17) is 11.6 Å². The van der Waals surface area contributed by atoms with Gasteiger partial charge in [0.15, 0.2) is 0 Å². The minimum atomic E-state index is 0.00941. The van der Waals surface area contributed by atoms with Crippen molar-refractivity contribution in [1.29, 1.82) is 0 Å². The molecule has 4 heteroatoms. The van der Waals surface area contributed by atoms with Crippen LogP contribution in [0, 0.1) is 5.92 Å². The molecule has 0 bridgehead atoms. The zero-order chi connectivity index (χ0) is 13.4. The first kappa shape index (κ1) is 15.0. The van der Waals surface area contributed by atoms with Crippen molar-refractivity contribution in [3.63, 3.8) is 0 Å². The predicted octanol–water partition coefficient (Wildman–Crippen LogP) is 2.24. The standard InChI is InChI=1S/C14H21ClN2O/c1-3-16-10-11(2)14(18)17-9-8-12-4-6-13(15)7-5-12/h4-7,11,16H,3,8-10H2,1-2H3,(H,17,18). The number of amides is 1. The Balaban J connectivity index is 2.24. The summed E-state index contributed by atoms with van der Waals surface area (Å²) in [4.78, 5) is 11.7. The number of benzene rings is 1. The van der Waals surface area contributed by atoms with Gasteiger partial charge < -0.3 is 10.6 Å². The van der Waals surface area contributed by atoms with Crippen molar-refractivity contribution in [1.82, 2.24) is 10.6 Å². The van der Waals surface area contributed by atoms with Gasteiger partial charge in [0, 0.05) is 24.0 Å². The molecule has 0 saturated carbocycles. The summed E-state index contributed by atoms with van der Waals surface area (Å²) in [5.74, 6) is 0.111. The van der Waals surface area contributed by atoms with Gasteiger partial charge in [-0.1, -0.05) is 37.6 Å². The molecule has 18 heavy (non-hydrogen) atoms. The molecular formula is C14H21ClN2O. The fourth-order valence-corrected chi connectivity index (χ4v) is 1.73. The Bertz CT molecular complexity index is 365. The lowest BCUT2D eigenvalue weighted by molar-refractivity contribution is -0.124. The van der Waals surface area contributed by atoms with Crippen LogP contribution in [0.1, 0.15) is 19.4 Å². The lowest BCUT2D eigenvalue weighted by Gasteiger charge is -2.12. The molecule has 1 aromatic rings. The number of hydrogen-bond acceptors (Lipinski definition) is 2. The Morgan fingerprint density at radius 2 is 2.00 bits per heavy atom. The third kappa shape index (κ3) is 5.52. The van der Waals surface area contributed by atoms with Crippen LogP contribution in [-0.2, 0) is 11.2 Å². The van der Waals surface area contributed by atoms with Gasteiger partial charge >= 0.3 is 0 Å². The first-order chi connectivity index (χ1) is 8.63. The highest BCUT2D eigenvalue weighted by Gasteiger charge is 2.10. The van der Waals surface area contributed by atoms with Gasteiger partial charge in [-0.15, -0.1) is 0 Å². The SMILES string of the molecule is CCNCC(C)C(=O)NCCc1ccc(Cl)cc1. The number of hydrogen-bond donors (Lipinski definition) is 2. The van der Waals surface area contributed by atoms with Crippen LogP contribution in [0.25, 0.3) is 0 Å². The van der Waals surface area contributed by atoms with Gasteiger partial charge in [0.2, 0.25) is 5.91 Å². The zero-order valence-electron chi connectivity index (χ0n) is 11.0. The Morgan fingerprint density at radius 3 is 2.61 bits per heavy atom. The summed E-state index contributed by atoms with van der Waals surface area (Å²) in [6, 6.07) is 7.70. The lowest BCUT2D eigenvalue weighted by Crippen LogP contribution is -2.36. The number of carbonyl (C=O) groups excluding carboxylic acids is 1. The Labute approximate surface area is 114 Å². The van der Waals surface area contributed by atoms with E-state index < -0.39 is 0 Å². The Morgan fingerprint density at radius 1 is 1.33 bits per heavy atom. The molecule has 0 aromatic heterocycles. The normalized spacial score (nSPS) is 12.2. The molecule has 100 valence electrons. The maximum absolute atomic E-state index is 11.7. The molecule has 1 unspecified atom stereocenters. The van der Waals surface area contributed by atoms with E-state index in [2.05, 4.69) is 10.6 Å². The summed E-state index contributed by atoms with van der Waals surface area (Å²) in [5, 5.41) is 6.85. The molecule has 0 saturated heterocycles. The summed E-state index contributed by atoms with van der Waals surface area (Å²) in [6.45, 7) is 6.24. The van der Waals surface area contributed by atoms with Gasteiger partial charge in [-0.3, -0.25) is 4.79 Å². The van der Waals surface area contributed by atoms with Gasteiger partial charge in [-0.2, -0.15) is 0 Å². The maximum atomic E-state index is 11.7. The van der Waals surface area contributed by atoms with Crippen LogP contribution in [0.3, 0.4) is 0 Å². The van der Waals surface area contributed by atoms with E-state index in [1.54, 1.807) is 0 Å². The molecule has 0 aliphatic carbocycles. The van der Waals surface area contributed by atoms with Crippen molar-refractivity contribution < 1.29 is 4.79 Å². The van der Waals surface area contributed by atoms with Crippen LogP contribution in [0.15, 0.2) is 24.3 Å². The van der Waals surface area contributed by atoms with Crippen molar-refractivity contribution in [3.05, 3.63) is 34.9 Å². The smallest absolute Gasteiger partial charge is 0.224 e. The minimum Gasteiger partial charge on any atom is -0.355 e. The highest BCUT2D eigenvalue weighted by molar-refractivity contribution is 6.30. The maximum Gasteiger partial charge on any atom is 0.224 e. The largest absolute Gasteiger partial charge is 0.355 e. The van der Waals surface area contributed by atoms with E-state index in [0.717, 1.165) is 24.5 Å². The third-order valence-electron chi connectivity index (χ3n) is 2.77. The molecule has 0 aliphatic heterocycles. The van der Waals surface area contributed by atoms with Gasteiger partial charge in [0.05, 0.1) is 0 Å². The summed E-state index contributed by atoms with van der Waals surface area (Å²) >= 11 is 5.81. The molecule has 2 N–H and O–H groups in total. The van der Waals surface area contributed by atoms with Crippen molar-refractivity contribution in [2.75, 3.05) is 19.6 Å². The first-order valence-electron chi connectivity index (χ1n) is 6.36. The van der Waals surface area contributed by atoms with Crippen molar-refractivity contribution >= 4 is 17.5 Å². The second kappa shape index (κ2) is 8.11. The second-order valence-corrected chi connectivity index (χ2v) is 4.81. The van der Waals surface area contributed by atoms with Gasteiger partial charge in [0.1, 0.15) is 0 Å². The van der Waals surface area contributed by atoms with Crippen molar-refractivity contribution in [2.45, 2.75) is 20.3 Å². The lowest BCUT2D eigenvalue weighted by atomic mass is 10.1. The molecular weight excluding hydrogens is 248 g/mol. The van der Waals surface area contributed by atoms with E-state index in [-0.39, 0.29) is 11.8 Å². The molecule has 1 rings (SSSR count). The molecule has 1 atom stereocenters. The van der Waals surface area contributed by atoms with Crippen molar-refractivity contribution in [3.8, 4) is 0 Å². The first-order valence-corrected chi connectivity index (χ1v) is 6.74. The van der Waals surface area contributed by atoms with E-state index in [0.29, 0.717) is 6.54 Å². The molecule has 0 heterocycles. The average molecular weight is 269 g/mol. The van der Waals surface area contributed by atoms with Gasteiger partial charge in [-0.25, -0.2) is 0 Å². The molecule has 3 nitrogen and oxygen atoms in total. The Kier molecular flexibility index (Phi) is 6.76. The molecule has 0 aliphatic rings. The monoisotopic (exact) mass is 268 g/mol. The van der Waals surface area contributed by atoms with Gasteiger partial charge in [0.25, 0.3) is 0 Å². The number of halogens is 1. The molecule has 0 radical (unpaired) electrons. The molecule has 0 spiro atoms. The van der Waals surface area contributed by atoms with Crippen LogP contribution in [0.5, 0.6) is 0 Å². The van der Waals surface area contributed by atoms with Crippen LogP contribution >= 0.6 is 11.6 Å². The highest BCUT2D eigenvalue weighted by Crippen LogP contribution is 2.09. The van der Waals surface area contributed by atoms with Crippen LogP contribution in [0.2, 0.25) is 5.02 Å². The van der Waals surface area contributed by atoms with E-state index >= 15 is 0 Å². The molecule has 1 amide bonds. The highest BCUT2D eigenvalue weighted by atomic mass is 35.5. The van der Waals surface area contributed by atoms with Crippen molar-refractivity contribution in [2.24, 2.45) is 5.92 Å². The number of nitrogens with one attached hydrogen (secondary N) is 2. The molecule has 0 fully saturated rings. The minimum absolute atomic E-state index is 0.00941. The number of carbonyl (C=O) groups is 1. The Hall–Kier alpha value is -1.06. The quantitative estimate of drug-likeness (QED) is 0.796. The summed E-state index contributed by atoms with van der Waals surface area (Å²) in [5.41, 5.74) is 1.18. The third-order valence-corrected chi connectivity index (χ3v) is 3.03. The van der Waals surface area contributed by atoms with Crippen LogP contribution in [-0.4, -0.2) is 25.5 Å². The van der Waals surface area contributed by atoms with Crippen LogP contribution in [0.4, 0.5) is 0 Å². The zero-order valence-corrected chi connectivity index (χ0v) is 11.8. The topological polar surface area (TPSA) is 41.1 Å². The molecule has 1 aromatic carbocycles. The fourth-order valence-electron chi connectivity index (χ4n) is 1.61. The second-order valence-electron chi connectivity index (χ2n) is 4.38. The van der Waals surface area contributed by atoms with E-state index in [9.17, 15) is 4.79 Å².